The standard InChI is InChI=1S/C15H15ClN2O2/c16-11-7-5-10(6-8-11)13-12(9-3-1-2-4-9)14(15(19)20)18-17-13/h5-9H,1-4H2,(H,17,18)(H,19,20). The minimum Gasteiger partial charge on any atom is -0.477 e. The fraction of sp³-hybridized carbons (Fsp3) is 0.333. The zero-order chi connectivity index (χ0) is 14.1. The molecule has 0 bridgehead atoms. The Labute approximate surface area is 121 Å². The molecule has 0 atom stereocenters. The van der Waals surface area contributed by atoms with E-state index in [4.69, 9.17) is 11.6 Å². The molecular weight excluding hydrogens is 276 g/mol. The molecule has 0 amide bonds. The Morgan fingerprint density at radius 2 is 1.90 bits per heavy atom. The van der Waals surface area contributed by atoms with Crippen molar-refractivity contribution in [1.29, 1.82) is 0 Å². The maximum absolute atomic E-state index is 11.4. The third kappa shape index (κ3) is 2.31. The number of H-pyrrole nitrogens is 1. The van der Waals surface area contributed by atoms with Crippen molar-refractivity contribution in [1.82, 2.24) is 10.2 Å². The van der Waals surface area contributed by atoms with Gasteiger partial charge in [0.25, 0.3) is 0 Å². The minimum atomic E-state index is -0.945. The zero-order valence-electron chi connectivity index (χ0n) is 10.9. The summed E-state index contributed by atoms with van der Waals surface area (Å²) in [6, 6.07) is 7.35. The van der Waals surface area contributed by atoms with Crippen molar-refractivity contribution in [2.45, 2.75) is 31.6 Å². The molecule has 1 aromatic heterocycles. The Kier molecular flexibility index (Phi) is 3.49. The Balaban J connectivity index is 2.10. The molecule has 1 saturated carbocycles. The second-order valence-corrected chi connectivity index (χ2v) is 5.59. The molecule has 0 unspecified atom stereocenters. The third-order valence-electron chi connectivity index (χ3n) is 3.90. The number of halogens is 1. The number of carbonyl (C=O) groups is 1. The van der Waals surface area contributed by atoms with E-state index in [9.17, 15) is 9.90 Å². The maximum Gasteiger partial charge on any atom is 0.354 e. The second-order valence-electron chi connectivity index (χ2n) is 5.15. The minimum absolute atomic E-state index is 0.224. The molecule has 1 fully saturated rings. The van der Waals surface area contributed by atoms with E-state index >= 15 is 0 Å². The Morgan fingerprint density at radius 1 is 1.25 bits per heavy atom. The average molecular weight is 291 g/mol. The van der Waals surface area contributed by atoms with Gasteiger partial charge in [-0.3, -0.25) is 5.10 Å². The molecule has 2 N–H and O–H groups in total. The van der Waals surface area contributed by atoms with E-state index in [0.717, 1.165) is 42.5 Å². The van der Waals surface area contributed by atoms with Crippen molar-refractivity contribution < 1.29 is 9.90 Å². The Morgan fingerprint density at radius 3 is 2.50 bits per heavy atom. The second kappa shape index (κ2) is 5.29. The highest BCUT2D eigenvalue weighted by atomic mass is 35.5. The monoisotopic (exact) mass is 290 g/mol. The van der Waals surface area contributed by atoms with E-state index in [0.29, 0.717) is 5.02 Å². The number of carboxylic acid groups (broad SMARTS) is 1. The summed E-state index contributed by atoms with van der Waals surface area (Å²) in [5, 5.41) is 16.9. The van der Waals surface area contributed by atoms with Gasteiger partial charge >= 0.3 is 5.97 Å². The first-order valence-corrected chi connectivity index (χ1v) is 7.12. The molecule has 4 nitrogen and oxygen atoms in total. The number of rotatable bonds is 3. The summed E-state index contributed by atoms with van der Waals surface area (Å²) in [5.41, 5.74) is 2.71. The van der Waals surface area contributed by atoms with Crippen LogP contribution in [0.5, 0.6) is 0 Å². The molecule has 2 aromatic rings. The normalized spacial score (nSPS) is 15.7. The van der Waals surface area contributed by atoms with E-state index in [1.807, 2.05) is 12.1 Å². The molecule has 5 heteroatoms. The summed E-state index contributed by atoms with van der Waals surface area (Å²) >= 11 is 5.90. The van der Waals surface area contributed by atoms with Crippen LogP contribution in [-0.4, -0.2) is 21.3 Å². The summed E-state index contributed by atoms with van der Waals surface area (Å²) in [6.07, 6.45) is 4.35. The molecule has 1 heterocycles. The third-order valence-corrected chi connectivity index (χ3v) is 4.15. The first-order chi connectivity index (χ1) is 9.66. The number of aromatic amines is 1. The van der Waals surface area contributed by atoms with Gasteiger partial charge in [0.05, 0.1) is 5.69 Å². The van der Waals surface area contributed by atoms with Crippen molar-refractivity contribution in [3.05, 3.63) is 40.5 Å². The average Bonchev–Trinajstić information content (AvgIpc) is 3.08. The van der Waals surface area contributed by atoms with E-state index < -0.39 is 5.97 Å². The molecule has 3 rings (SSSR count). The van der Waals surface area contributed by atoms with Gasteiger partial charge in [-0.05, 0) is 30.9 Å². The molecule has 20 heavy (non-hydrogen) atoms. The van der Waals surface area contributed by atoms with Crippen molar-refractivity contribution >= 4 is 17.6 Å². The number of hydrogen-bond donors (Lipinski definition) is 2. The first kappa shape index (κ1) is 13.2. The van der Waals surface area contributed by atoms with Gasteiger partial charge in [-0.1, -0.05) is 36.6 Å². The number of nitrogens with zero attached hydrogens (tertiary/aromatic N) is 1. The van der Waals surface area contributed by atoms with Crippen LogP contribution in [-0.2, 0) is 0 Å². The molecule has 1 aliphatic rings. The summed E-state index contributed by atoms with van der Waals surface area (Å²) in [6.45, 7) is 0. The lowest BCUT2D eigenvalue weighted by Crippen LogP contribution is -2.05. The molecule has 0 radical (unpaired) electrons. The van der Waals surface area contributed by atoms with Crippen LogP contribution in [0.3, 0.4) is 0 Å². The van der Waals surface area contributed by atoms with Crippen LogP contribution in [0, 0.1) is 0 Å². The molecule has 1 aliphatic carbocycles. The molecular formula is C15H15ClN2O2. The van der Waals surface area contributed by atoms with Crippen molar-refractivity contribution in [3.8, 4) is 11.3 Å². The highest BCUT2D eigenvalue weighted by Gasteiger charge is 2.28. The van der Waals surface area contributed by atoms with Gasteiger partial charge in [0, 0.05) is 16.1 Å². The van der Waals surface area contributed by atoms with E-state index in [2.05, 4.69) is 10.2 Å². The van der Waals surface area contributed by atoms with Gasteiger partial charge in [-0.15, -0.1) is 0 Å². The lowest BCUT2D eigenvalue weighted by Gasteiger charge is -2.11. The number of aromatic nitrogens is 2. The quantitative estimate of drug-likeness (QED) is 0.895. The SMILES string of the molecule is O=C(O)c1[nH]nc(-c2ccc(Cl)cc2)c1C1CCCC1. The number of hydrogen-bond acceptors (Lipinski definition) is 2. The van der Waals surface area contributed by atoms with E-state index in [1.165, 1.54) is 0 Å². The van der Waals surface area contributed by atoms with Gasteiger partial charge in [0.2, 0.25) is 0 Å². The molecule has 104 valence electrons. The molecule has 0 saturated heterocycles. The predicted octanol–water partition coefficient (Wildman–Crippen LogP) is 4.09. The summed E-state index contributed by atoms with van der Waals surface area (Å²) < 4.78 is 0. The maximum atomic E-state index is 11.4. The van der Waals surface area contributed by atoms with Crippen LogP contribution >= 0.6 is 11.6 Å². The fourth-order valence-corrected chi connectivity index (χ4v) is 3.08. The van der Waals surface area contributed by atoms with Crippen LogP contribution in [0.1, 0.15) is 47.7 Å². The van der Waals surface area contributed by atoms with Crippen molar-refractivity contribution in [3.63, 3.8) is 0 Å². The van der Waals surface area contributed by atoms with Crippen LogP contribution in [0.25, 0.3) is 11.3 Å². The fourth-order valence-electron chi connectivity index (χ4n) is 2.95. The number of benzene rings is 1. The van der Waals surface area contributed by atoms with Gasteiger partial charge in [-0.25, -0.2) is 4.79 Å². The Hall–Kier alpha value is -1.81. The highest BCUT2D eigenvalue weighted by molar-refractivity contribution is 6.30. The van der Waals surface area contributed by atoms with Gasteiger partial charge < -0.3 is 5.11 Å². The molecule has 0 aliphatic heterocycles. The first-order valence-electron chi connectivity index (χ1n) is 6.74. The summed E-state index contributed by atoms with van der Waals surface area (Å²) in [5.74, 6) is -0.662. The lowest BCUT2D eigenvalue weighted by molar-refractivity contribution is 0.0688. The lowest BCUT2D eigenvalue weighted by atomic mass is 9.92. The van der Waals surface area contributed by atoms with E-state index in [-0.39, 0.29) is 11.6 Å². The van der Waals surface area contributed by atoms with Crippen LogP contribution < -0.4 is 0 Å². The topological polar surface area (TPSA) is 66.0 Å². The Bertz CT molecular complexity index is 628. The predicted molar refractivity (Wildman–Crippen MR) is 77.2 cm³/mol. The van der Waals surface area contributed by atoms with Crippen LogP contribution in [0.15, 0.2) is 24.3 Å². The van der Waals surface area contributed by atoms with Crippen molar-refractivity contribution in [2.75, 3.05) is 0 Å². The zero-order valence-corrected chi connectivity index (χ0v) is 11.7. The number of carboxylic acids is 1. The largest absolute Gasteiger partial charge is 0.477 e. The van der Waals surface area contributed by atoms with Gasteiger partial charge in [0.15, 0.2) is 0 Å². The van der Waals surface area contributed by atoms with Gasteiger partial charge in [-0.2, -0.15) is 5.10 Å². The van der Waals surface area contributed by atoms with E-state index in [1.54, 1.807) is 12.1 Å². The smallest absolute Gasteiger partial charge is 0.354 e. The van der Waals surface area contributed by atoms with Crippen molar-refractivity contribution in [2.24, 2.45) is 0 Å². The number of nitrogens with one attached hydrogen (secondary N) is 1. The van der Waals surface area contributed by atoms with Crippen LogP contribution in [0.4, 0.5) is 0 Å². The highest BCUT2D eigenvalue weighted by Crippen LogP contribution is 2.40. The molecule has 0 spiro atoms. The summed E-state index contributed by atoms with van der Waals surface area (Å²) in [7, 11) is 0. The van der Waals surface area contributed by atoms with Gasteiger partial charge in [0.1, 0.15) is 5.69 Å². The summed E-state index contributed by atoms with van der Waals surface area (Å²) in [4.78, 5) is 11.4. The molecule has 1 aromatic carbocycles. The number of aromatic carboxylic acids is 1. The van der Waals surface area contributed by atoms with Crippen LogP contribution in [0.2, 0.25) is 5.02 Å².